The number of para-hydroxylation sites is 1. The molecule has 0 unspecified atom stereocenters. The van der Waals surface area contributed by atoms with E-state index < -0.39 is 0 Å². The van der Waals surface area contributed by atoms with Gasteiger partial charge in [-0.05, 0) is 46.9 Å². The Kier molecular flexibility index (Phi) is 4.33. The van der Waals surface area contributed by atoms with Crippen molar-refractivity contribution >= 4 is 34.2 Å². The lowest BCUT2D eigenvalue weighted by Gasteiger charge is -2.20. The number of carbonyl (C=O) groups excluding carboxylic acids is 1. The zero-order valence-corrected chi connectivity index (χ0v) is 12.0. The summed E-state index contributed by atoms with van der Waals surface area (Å²) in [6.07, 6.45) is 0. The largest absolute Gasteiger partial charge is 0.282 e. The van der Waals surface area contributed by atoms with E-state index in [-0.39, 0.29) is 5.91 Å². The Bertz CT molecular complexity index is 543. The number of anilines is 1. The molecule has 1 amide bonds. The molecule has 0 aliphatic carbocycles. The van der Waals surface area contributed by atoms with E-state index in [2.05, 4.69) is 22.6 Å². The van der Waals surface area contributed by atoms with Gasteiger partial charge >= 0.3 is 0 Å². The molecule has 0 saturated carbocycles. The van der Waals surface area contributed by atoms with Gasteiger partial charge in [0.25, 0.3) is 5.91 Å². The van der Waals surface area contributed by atoms with E-state index in [9.17, 15) is 4.79 Å². The first kappa shape index (κ1) is 13.0. The van der Waals surface area contributed by atoms with Gasteiger partial charge in [0.1, 0.15) is 0 Å². The normalized spacial score (nSPS) is 10.1. The summed E-state index contributed by atoms with van der Waals surface area (Å²) in [5.41, 5.74) is 1.34. The summed E-state index contributed by atoms with van der Waals surface area (Å²) in [4.78, 5) is 17.5. The van der Waals surface area contributed by atoms with Gasteiger partial charge in [-0.3, -0.25) is 9.63 Å². The number of carbonyl (C=O) groups is 1. The second-order valence-electron chi connectivity index (χ2n) is 3.60. The van der Waals surface area contributed by atoms with Crippen molar-refractivity contribution in [2.45, 2.75) is 0 Å². The quantitative estimate of drug-likeness (QED) is 0.625. The molecule has 4 heteroatoms. The predicted molar refractivity (Wildman–Crippen MR) is 79.4 cm³/mol. The Labute approximate surface area is 119 Å². The Hall–Kier alpha value is -1.40. The molecule has 0 spiro atoms. The molecule has 0 radical (unpaired) electrons. The van der Waals surface area contributed by atoms with Crippen LogP contribution in [0.4, 0.5) is 5.69 Å². The van der Waals surface area contributed by atoms with Crippen LogP contribution in [0.15, 0.2) is 54.6 Å². The van der Waals surface area contributed by atoms with Gasteiger partial charge in [-0.25, -0.2) is 0 Å². The maximum Gasteiger partial charge on any atom is 0.282 e. The van der Waals surface area contributed by atoms with Gasteiger partial charge in [0, 0.05) is 9.13 Å². The van der Waals surface area contributed by atoms with Crippen molar-refractivity contribution in [1.29, 1.82) is 0 Å². The predicted octanol–water partition coefficient (Wildman–Crippen LogP) is 3.50. The van der Waals surface area contributed by atoms with Crippen LogP contribution in [-0.2, 0) is 4.84 Å². The van der Waals surface area contributed by atoms with Crippen LogP contribution in [0, 0.1) is 3.57 Å². The fourth-order valence-electron chi connectivity index (χ4n) is 1.61. The van der Waals surface area contributed by atoms with E-state index in [1.54, 1.807) is 12.1 Å². The SMILES string of the molecule is CON(C(=O)c1ccccc1)c1ccccc1I. The first-order valence-electron chi connectivity index (χ1n) is 5.42. The summed E-state index contributed by atoms with van der Waals surface area (Å²) in [5, 5.41) is 1.30. The third-order valence-electron chi connectivity index (χ3n) is 2.46. The van der Waals surface area contributed by atoms with Gasteiger partial charge in [-0.2, -0.15) is 5.06 Å². The molecule has 3 nitrogen and oxygen atoms in total. The molecule has 0 heterocycles. The molecule has 0 aliphatic rings. The van der Waals surface area contributed by atoms with Crippen LogP contribution >= 0.6 is 22.6 Å². The second kappa shape index (κ2) is 5.97. The van der Waals surface area contributed by atoms with Crippen LogP contribution in [-0.4, -0.2) is 13.0 Å². The Balaban J connectivity index is 2.36. The summed E-state index contributed by atoms with van der Waals surface area (Å²) in [6, 6.07) is 16.7. The van der Waals surface area contributed by atoms with Crippen molar-refractivity contribution < 1.29 is 9.63 Å². The topological polar surface area (TPSA) is 29.5 Å². The number of amides is 1. The lowest BCUT2D eigenvalue weighted by atomic mass is 10.2. The molecular weight excluding hydrogens is 341 g/mol. The van der Waals surface area contributed by atoms with Gasteiger partial charge in [-0.15, -0.1) is 0 Å². The number of hydroxylamine groups is 1. The molecule has 0 aromatic heterocycles. The molecular formula is C14H12INO2. The van der Waals surface area contributed by atoms with E-state index in [4.69, 9.17) is 4.84 Å². The minimum Gasteiger partial charge on any atom is -0.269 e. The smallest absolute Gasteiger partial charge is 0.269 e. The monoisotopic (exact) mass is 353 g/mol. The highest BCUT2D eigenvalue weighted by atomic mass is 127. The third kappa shape index (κ3) is 2.70. The highest BCUT2D eigenvalue weighted by Gasteiger charge is 2.19. The van der Waals surface area contributed by atoms with Crippen LogP contribution in [0.25, 0.3) is 0 Å². The summed E-state index contributed by atoms with van der Waals surface area (Å²) >= 11 is 2.18. The Morgan fingerprint density at radius 2 is 1.67 bits per heavy atom. The third-order valence-corrected chi connectivity index (χ3v) is 3.37. The van der Waals surface area contributed by atoms with Gasteiger partial charge in [0.15, 0.2) is 0 Å². The van der Waals surface area contributed by atoms with Crippen molar-refractivity contribution in [2.75, 3.05) is 12.2 Å². The lowest BCUT2D eigenvalue weighted by molar-refractivity contribution is 0.0772. The van der Waals surface area contributed by atoms with Crippen molar-refractivity contribution in [2.24, 2.45) is 0 Å². The van der Waals surface area contributed by atoms with E-state index in [0.29, 0.717) is 5.56 Å². The molecule has 0 atom stereocenters. The van der Waals surface area contributed by atoms with Crippen LogP contribution in [0.2, 0.25) is 0 Å². The minimum absolute atomic E-state index is 0.179. The molecule has 2 rings (SSSR count). The average molecular weight is 353 g/mol. The molecule has 0 aliphatic heterocycles. The fourth-order valence-corrected chi connectivity index (χ4v) is 2.21. The summed E-state index contributed by atoms with van der Waals surface area (Å²) in [6.45, 7) is 0. The number of benzene rings is 2. The summed E-state index contributed by atoms with van der Waals surface area (Å²) in [5.74, 6) is -0.179. The van der Waals surface area contributed by atoms with E-state index in [1.807, 2.05) is 42.5 Å². The second-order valence-corrected chi connectivity index (χ2v) is 4.76. The van der Waals surface area contributed by atoms with E-state index >= 15 is 0 Å². The molecule has 0 fully saturated rings. The summed E-state index contributed by atoms with van der Waals surface area (Å²) in [7, 11) is 1.49. The van der Waals surface area contributed by atoms with Crippen molar-refractivity contribution in [3.05, 3.63) is 63.7 Å². The van der Waals surface area contributed by atoms with Crippen LogP contribution < -0.4 is 5.06 Å². The van der Waals surface area contributed by atoms with Gasteiger partial charge in [-0.1, -0.05) is 30.3 Å². The first-order chi connectivity index (χ1) is 8.74. The number of rotatable bonds is 3. The van der Waals surface area contributed by atoms with E-state index in [1.165, 1.54) is 12.2 Å². The highest BCUT2D eigenvalue weighted by molar-refractivity contribution is 14.1. The molecule has 0 N–H and O–H groups in total. The zero-order valence-electron chi connectivity index (χ0n) is 9.84. The number of halogens is 1. The van der Waals surface area contributed by atoms with Crippen LogP contribution in [0.1, 0.15) is 10.4 Å². The van der Waals surface area contributed by atoms with Gasteiger partial charge in [0.2, 0.25) is 0 Å². The Morgan fingerprint density at radius 3 is 2.28 bits per heavy atom. The maximum absolute atomic E-state index is 12.3. The Morgan fingerprint density at radius 1 is 1.06 bits per heavy atom. The number of hydrogen-bond acceptors (Lipinski definition) is 2. The van der Waals surface area contributed by atoms with Gasteiger partial charge < -0.3 is 0 Å². The van der Waals surface area contributed by atoms with Crippen molar-refractivity contribution in [1.82, 2.24) is 0 Å². The highest BCUT2D eigenvalue weighted by Crippen LogP contribution is 2.23. The molecule has 92 valence electrons. The van der Waals surface area contributed by atoms with Gasteiger partial charge in [0.05, 0.1) is 12.8 Å². The zero-order chi connectivity index (χ0) is 13.0. The minimum atomic E-state index is -0.179. The standard InChI is InChI=1S/C14H12INO2/c1-18-16(13-10-6-5-9-12(13)15)14(17)11-7-3-2-4-8-11/h2-10H,1H3. The maximum atomic E-state index is 12.3. The molecule has 0 saturated heterocycles. The molecule has 2 aromatic rings. The summed E-state index contributed by atoms with van der Waals surface area (Å²) < 4.78 is 0.959. The molecule has 2 aromatic carbocycles. The average Bonchev–Trinajstić information content (AvgIpc) is 2.42. The molecule has 0 bridgehead atoms. The fraction of sp³-hybridized carbons (Fsp3) is 0.0714. The number of nitrogens with zero attached hydrogens (tertiary/aromatic N) is 1. The van der Waals surface area contributed by atoms with E-state index in [0.717, 1.165) is 9.26 Å². The first-order valence-corrected chi connectivity index (χ1v) is 6.50. The van der Waals surface area contributed by atoms with Crippen LogP contribution in [0.3, 0.4) is 0 Å². The van der Waals surface area contributed by atoms with Crippen molar-refractivity contribution in [3.63, 3.8) is 0 Å². The molecule has 18 heavy (non-hydrogen) atoms. The lowest BCUT2D eigenvalue weighted by Crippen LogP contribution is -2.30. The number of hydrogen-bond donors (Lipinski definition) is 0. The van der Waals surface area contributed by atoms with Crippen molar-refractivity contribution in [3.8, 4) is 0 Å². The van der Waals surface area contributed by atoms with Crippen LogP contribution in [0.5, 0.6) is 0 Å².